The highest BCUT2D eigenvalue weighted by Crippen LogP contribution is 2.29. The molecule has 1 aliphatic rings. The van der Waals surface area contributed by atoms with E-state index in [0.717, 1.165) is 25.8 Å². The first kappa shape index (κ1) is 12.9. The van der Waals surface area contributed by atoms with Crippen LogP contribution in [-0.2, 0) is 4.74 Å². The lowest BCUT2D eigenvalue weighted by Gasteiger charge is -2.30. The molecule has 0 aromatic rings. The van der Waals surface area contributed by atoms with Gasteiger partial charge in [-0.05, 0) is 39.7 Å². The van der Waals surface area contributed by atoms with Crippen molar-refractivity contribution < 1.29 is 9.84 Å². The number of nitrogens with one attached hydrogen (secondary N) is 1. The Hall–Kier alpha value is -0.120. The molecule has 0 radical (unpaired) electrons. The number of methoxy groups -OCH3 is 1. The number of aliphatic hydroxyl groups is 1. The molecule has 0 atom stereocenters. The van der Waals surface area contributed by atoms with Crippen LogP contribution in [0.15, 0.2) is 0 Å². The van der Waals surface area contributed by atoms with E-state index in [1.54, 1.807) is 7.11 Å². The van der Waals surface area contributed by atoms with Crippen LogP contribution in [0.2, 0.25) is 0 Å². The summed E-state index contributed by atoms with van der Waals surface area (Å²) in [5, 5.41) is 12.9. The van der Waals surface area contributed by atoms with E-state index in [2.05, 4.69) is 19.2 Å². The van der Waals surface area contributed by atoms with Crippen LogP contribution in [-0.4, -0.2) is 36.5 Å². The van der Waals surface area contributed by atoms with Gasteiger partial charge in [-0.1, -0.05) is 12.8 Å². The summed E-state index contributed by atoms with van der Waals surface area (Å²) >= 11 is 0. The van der Waals surface area contributed by atoms with Crippen molar-refractivity contribution in [3.63, 3.8) is 0 Å². The summed E-state index contributed by atoms with van der Waals surface area (Å²) in [7, 11) is 1.75. The number of hydrogen-bond acceptors (Lipinski definition) is 3. The van der Waals surface area contributed by atoms with Gasteiger partial charge in [0.25, 0.3) is 0 Å². The van der Waals surface area contributed by atoms with Gasteiger partial charge >= 0.3 is 0 Å². The van der Waals surface area contributed by atoms with Gasteiger partial charge in [0.15, 0.2) is 0 Å². The molecule has 1 fully saturated rings. The molecule has 0 aromatic heterocycles. The zero-order valence-corrected chi connectivity index (χ0v) is 10.3. The third-order valence-corrected chi connectivity index (χ3v) is 3.64. The fraction of sp³-hybridized carbons (Fsp3) is 1.00. The van der Waals surface area contributed by atoms with Gasteiger partial charge in [-0.15, -0.1) is 0 Å². The minimum absolute atomic E-state index is 0.00379. The first-order valence-electron chi connectivity index (χ1n) is 5.95. The van der Waals surface area contributed by atoms with Gasteiger partial charge in [-0.25, -0.2) is 0 Å². The fourth-order valence-electron chi connectivity index (χ4n) is 2.17. The average Bonchev–Trinajstić information content (AvgIpc) is 2.67. The molecule has 2 N–H and O–H groups in total. The molecule has 0 saturated heterocycles. The van der Waals surface area contributed by atoms with E-state index in [9.17, 15) is 5.11 Å². The van der Waals surface area contributed by atoms with Gasteiger partial charge in [0.2, 0.25) is 0 Å². The van der Waals surface area contributed by atoms with E-state index in [4.69, 9.17) is 4.74 Å². The Morgan fingerprint density at radius 1 is 1.33 bits per heavy atom. The minimum atomic E-state index is -0.0672. The molecule has 3 nitrogen and oxygen atoms in total. The number of ether oxygens (including phenoxy) is 1. The molecule has 0 aliphatic heterocycles. The Bertz CT molecular complexity index is 186. The predicted octanol–water partition coefficient (Wildman–Crippen LogP) is 1.70. The van der Waals surface area contributed by atoms with Gasteiger partial charge in [-0.2, -0.15) is 0 Å². The molecule has 1 aliphatic carbocycles. The molecule has 1 saturated carbocycles. The van der Waals surface area contributed by atoms with Gasteiger partial charge < -0.3 is 15.2 Å². The van der Waals surface area contributed by atoms with Crippen LogP contribution in [0.4, 0.5) is 0 Å². The second-order valence-corrected chi connectivity index (χ2v) is 5.29. The largest absolute Gasteiger partial charge is 0.394 e. The zero-order valence-electron chi connectivity index (χ0n) is 10.3. The first-order chi connectivity index (χ1) is 7.04. The SMILES string of the molecule is COC(C)(C)CCNC1(CO)CCCC1. The summed E-state index contributed by atoms with van der Waals surface area (Å²) in [6, 6.07) is 0. The Balaban J connectivity index is 2.29. The van der Waals surface area contributed by atoms with E-state index >= 15 is 0 Å². The lowest BCUT2D eigenvalue weighted by molar-refractivity contribution is 0.0130. The molecular formula is C12H25NO2. The molecule has 0 bridgehead atoms. The molecule has 0 amide bonds. The summed E-state index contributed by atoms with van der Waals surface area (Å²) < 4.78 is 5.37. The zero-order chi connectivity index (χ0) is 11.4. The van der Waals surface area contributed by atoms with Crippen LogP contribution >= 0.6 is 0 Å². The van der Waals surface area contributed by atoms with Crippen molar-refractivity contribution in [1.82, 2.24) is 5.32 Å². The third-order valence-electron chi connectivity index (χ3n) is 3.64. The van der Waals surface area contributed by atoms with Crippen molar-refractivity contribution in [3.05, 3.63) is 0 Å². The Kier molecular flexibility index (Phi) is 4.56. The first-order valence-corrected chi connectivity index (χ1v) is 5.95. The average molecular weight is 215 g/mol. The number of hydrogen-bond donors (Lipinski definition) is 2. The van der Waals surface area contributed by atoms with Crippen LogP contribution in [0.5, 0.6) is 0 Å². The molecule has 0 unspecified atom stereocenters. The van der Waals surface area contributed by atoms with E-state index < -0.39 is 0 Å². The highest BCUT2D eigenvalue weighted by Gasteiger charge is 2.32. The Labute approximate surface area is 93.2 Å². The van der Waals surface area contributed by atoms with Crippen molar-refractivity contribution >= 4 is 0 Å². The summed E-state index contributed by atoms with van der Waals surface area (Å²) in [6.45, 7) is 5.37. The maximum absolute atomic E-state index is 9.41. The number of rotatable bonds is 6. The van der Waals surface area contributed by atoms with Crippen molar-refractivity contribution in [2.45, 2.75) is 57.1 Å². The van der Waals surface area contributed by atoms with Gasteiger partial charge in [0.05, 0.1) is 12.2 Å². The third kappa shape index (κ3) is 3.74. The lowest BCUT2D eigenvalue weighted by atomic mass is 9.97. The standard InChI is InChI=1S/C12H25NO2/c1-11(2,15-3)8-9-13-12(10-14)6-4-5-7-12/h13-14H,4-10H2,1-3H3. The van der Waals surface area contributed by atoms with Crippen molar-refractivity contribution in [3.8, 4) is 0 Å². The van der Waals surface area contributed by atoms with Gasteiger partial charge in [0, 0.05) is 12.6 Å². The summed E-state index contributed by atoms with van der Waals surface area (Å²) in [5.41, 5.74) is -0.0634. The molecule has 0 aromatic carbocycles. The topological polar surface area (TPSA) is 41.5 Å². The van der Waals surface area contributed by atoms with E-state index in [1.807, 2.05) is 0 Å². The summed E-state index contributed by atoms with van der Waals surface area (Å²) in [4.78, 5) is 0. The minimum Gasteiger partial charge on any atom is -0.394 e. The molecule has 0 heterocycles. The molecule has 90 valence electrons. The monoisotopic (exact) mass is 215 g/mol. The number of aliphatic hydroxyl groups excluding tert-OH is 1. The molecule has 1 rings (SSSR count). The van der Waals surface area contributed by atoms with Crippen LogP contribution in [0, 0.1) is 0 Å². The van der Waals surface area contributed by atoms with E-state index in [0.29, 0.717) is 0 Å². The fourth-order valence-corrected chi connectivity index (χ4v) is 2.17. The van der Waals surface area contributed by atoms with Gasteiger partial charge in [0.1, 0.15) is 0 Å². The highest BCUT2D eigenvalue weighted by molar-refractivity contribution is 4.92. The molecule has 0 spiro atoms. The molecular weight excluding hydrogens is 190 g/mol. The van der Waals surface area contributed by atoms with E-state index in [1.165, 1.54) is 12.8 Å². The predicted molar refractivity (Wildman–Crippen MR) is 62.0 cm³/mol. The van der Waals surface area contributed by atoms with E-state index in [-0.39, 0.29) is 17.7 Å². The second kappa shape index (κ2) is 5.28. The van der Waals surface area contributed by atoms with Crippen molar-refractivity contribution in [1.29, 1.82) is 0 Å². The highest BCUT2D eigenvalue weighted by atomic mass is 16.5. The summed E-state index contributed by atoms with van der Waals surface area (Å²) in [6.07, 6.45) is 5.67. The van der Waals surface area contributed by atoms with Crippen molar-refractivity contribution in [2.75, 3.05) is 20.3 Å². The smallest absolute Gasteiger partial charge is 0.0634 e. The van der Waals surface area contributed by atoms with Crippen LogP contribution in [0.1, 0.15) is 46.0 Å². The maximum Gasteiger partial charge on any atom is 0.0634 e. The Morgan fingerprint density at radius 3 is 2.40 bits per heavy atom. The molecule has 15 heavy (non-hydrogen) atoms. The van der Waals surface area contributed by atoms with Crippen LogP contribution < -0.4 is 5.32 Å². The van der Waals surface area contributed by atoms with Crippen LogP contribution in [0.25, 0.3) is 0 Å². The Morgan fingerprint density at radius 2 is 1.93 bits per heavy atom. The second-order valence-electron chi connectivity index (χ2n) is 5.29. The van der Waals surface area contributed by atoms with Gasteiger partial charge in [-0.3, -0.25) is 0 Å². The quantitative estimate of drug-likeness (QED) is 0.708. The van der Waals surface area contributed by atoms with Crippen molar-refractivity contribution in [2.24, 2.45) is 0 Å². The molecule has 3 heteroatoms. The lowest BCUT2D eigenvalue weighted by Crippen LogP contribution is -2.47. The van der Waals surface area contributed by atoms with Crippen LogP contribution in [0.3, 0.4) is 0 Å². The normalized spacial score (nSPS) is 20.8. The summed E-state index contributed by atoms with van der Waals surface area (Å²) in [5.74, 6) is 0. The maximum atomic E-state index is 9.41.